The highest BCUT2D eigenvalue weighted by molar-refractivity contribution is 5.87. The fourth-order valence-corrected chi connectivity index (χ4v) is 8.41. The number of carbonyl (C=O) groups is 6. The fourth-order valence-electron chi connectivity index (χ4n) is 8.41. The summed E-state index contributed by atoms with van der Waals surface area (Å²) in [6.45, 7) is 37.4. The number of carbonyl (C=O) groups excluding carboxylic acids is 6. The molecule has 3 N–H and O–H groups in total. The summed E-state index contributed by atoms with van der Waals surface area (Å²) < 4.78 is 0. The van der Waals surface area contributed by atoms with Crippen LogP contribution in [0.5, 0.6) is 0 Å². The standard InChI is InChI=1S/3C17H31NO2/c1-16(2,3)14(19)13-9-7-12(8-10-13)11-18-15(20)17(4,5)6;1-16(2,3)14(19)13-9-7-8-12(10-13)11-18-15(20)17(4,5)6;1-16(2,3)14(19)13-10-8-7-9-12(13)11-18-15(20)17(4,5)6/h3*12-13H,7-11H2,1-6H3,(H,18,20). The Labute approximate surface area is 368 Å². The first-order valence-corrected chi connectivity index (χ1v) is 23.5. The summed E-state index contributed by atoms with van der Waals surface area (Å²) >= 11 is 0. The molecule has 9 heteroatoms. The van der Waals surface area contributed by atoms with Crippen molar-refractivity contribution in [2.24, 2.45) is 68.0 Å². The van der Waals surface area contributed by atoms with Gasteiger partial charge in [-0.2, -0.15) is 0 Å². The van der Waals surface area contributed by atoms with E-state index in [0.717, 1.165) is 77.2 Å². The van der Waals surface area contributed by atoms with Crippen LogP contribution in [0.3, 0.4) is 0 Å². The molecule has 3 rings (SSSR count). The minimum atomic E-state index is -0.363. The lowest BCUT2D eigenvalue weighted by Gasteiger charge is -2.35. The van der Waals surface area contributed by atoms with Gasteiger partial charge in [-0.15, -0.1) is 0 Å². The molecule has 3 aliphatic rings. The average Bonchev–Trinajstić information content (AvgIpc) is 3.12. The Balaban J connectivity index is 0.000000450. The van der Waals surface area contributed by atoms with Gasteiger partial charge in [0.2, 0.25) is 17.7 Å². The van der Waals surface area contributed by atoms with Gasteiger partial charge in [0.15, 0.2) is 0 Å². The second kappa shape index (κ2) is 22.7. The van der Waals surface area contributed by atoms with E-state index in [9.17, 15) is 28.8 Å². The van der Waals surface area contributed by atoms with Crippen molar-refractivity contribution < 1.29 is 28.8 Å². The Hall–Kier alpha value is -2.58. The Morgan fingerprint density at radius 1 is 0.367 bits per heavy atom. The Bertz CT molecular complexity index is 1410. The molecule has 4 atom stereocenters. The van der Waals surface area contributed by atoms with Gasteiger partial charge < -0.3 is 16.0 Å². The van der Waals surface area contributed by atoms with Crippen molar-refractivity contribution in [1.29, 1.82) is 0 Å². The van der Waals surface area contributed by atoms with Gasteiger partial charge in [0, 0.05) is 69.9 Å². The third-order valence-electron chi connectivity index (χ3n) is 12.5. The Morgan fingerprint density at radius 2 is 0.750 bits per heavy atom. The maximum absolute atomic E-state index is 12.6. The van der Waals surface area contributed by atoms with Crippen molar-refractivity contribution in [2.45, 2.75) is 202 Å². The van der Waals surface area contributed by atoms with Crippen molar-refractivity contribution in [3.05, 3.63) is 0 Å². The summed E-state index contributed by atoms with van der Waals surface area (Å²) in [5, 5.41) is 9.12. The van der Waals surface area contributed by atoms with E-state index in [2.05, 4.69) is 16.0 Å². The lowest BCUT2D eigenvalue weighted by molar-refractivity contribution is -0.134. The molecule has 0 aromatic carbocycles. The zero-order chi connectivity index (χ0) is 46.7. The van der Waals surface area contributed by atoms with Crippen LogP contribution in [0.4, 0.5) is 0 Å². The molecule has 0 aliphatic heterocycles. The second-order valence-corrected chi connectivity index (χ2v) is 24.8. The molecule has 348 valence electrons. The van der Waals surface area contributed by atoms with Crippen LogP contribution in [-0.4, -0.2) is 54.7 Å². The van der Waals surface area contributed by atoms with Crippen molar-refractivity contribution in [3.8, 4) is 0 Å². The molecule has 60 heavy (non-hydrogen) atoms. The third kappa shape index (κ3) is 19.6. The van der Waals surface area contributed by atoms with E-state index < -0.39 is 0 Å². The van der Waals surface area contributed by atoms with Gasteiger partial charge >= 0.3 is 0 Å². The van der Waals surface area contributed by atoms with Crippen LogP contribution in [0, 0.1) is 68.0 Å². The van der Waals surface area contributed by atoms with Gasteiger partial charge in [0.1, 0.15) is 17.3 Å². The molecule has 0 spiro atoms. The SMILES string of the molecule is CC(C)(C)C(=O)NCC1CCC(C(=O)C(C)(C)C)CC1.CC(C)(C)C(=O)NCC1CCCC(C(=O)C(C)(C)C)C1.CC(C)(C)C(=O)NCC1CCCCC1C(=O)C(C)(C)C. The molecule has 0 aromatic rings. The van der Waals surface area contributed by atoms with E-state index in [1.54, 1.807) is 0 Å². The quantitative estimate of drug-likeness (QED) is 0.211. The molecule has 0 bridgehead atoms. The molecule has 3 amide bonds. The Morgan fingerprint density at radius 3 is 1.17 bits per heavy atom. The summed E-state index contributed by atoms with van der Waals surface area (Å²) in [7, 11) is 0. The summed E-state index contributed by atoms with van der Waals surface area (Å²) in [6.07, 6.45) is 12.6. The van der Waals surface area contributed by atoms with Crippen LogP contribution < -0.4 is 16.0 Å². The first kappa shape index (κ1) is 55.4. The van der Waals surface area contributed by atoms with Crippen LogP contribution >= 0.6 is 0 Å². The fraction of sp³-hybridized carbons (Fsp3) is 0.882. The highest BCUT2D eigenvalue weighted by Crippen LogP contribution is 2.37. The number of hydrogen-bond acceptors (Lipinski definition) is 6. The van der Waals surface area contributed by atoms with Gasteiger partial charge in [-0.3, -0.25) is 28.8 Å². The monoisotopic (exact) mass is 844 g/mol. The molecule has 9 nitrogen and oxygen atoms in total. The predicted octanol–water partition coefficient (Wildman–Crippen LogP) is 10.7. The first-order valence-electron chi connectivity index (χ1n) is 23.5. The van der Waals surface area contributed by atoms with Crippen molar-refractivity contribution >= 4 is 35.1 Å². The van der Waals surface area contributed by atoms with Gasteiger partial charge in [-0.05, 0) is 75.5 Å². The largest absolute Gasteiger partial charge is 0.355 e. The minimum Gasteiger partial charge on any atom is -0.355 e. The maximum atomic E-state index is 12.6. The summed E-state index contributed by atoms with van der Waals surface area (Å²) in [5.41, 5.74) is -1.78. The first-order chi connectivity index (χ1) is 27.1. The number of nitrogens with one attached hydrogen (secondary N) is 3. The topological polar surface area (TPSA) is 139 Å². The van der Waals surface area contributed by atoms with E-state index >= 15 is 0 Å². The molecule has 0 aromatic heterocycles. The van der Waals surface area contributed by atoms with Crippen LogP contribution in [0.25, 0.3) is 0 Å². The van der Waals surface area contributed by atoms with Gasteiger partial charge in [0.05, 0.1) is 0 Å². The van der Waals surface area contributed by atoms with E-state index in [0.29, 0.717) is 48.2 Å². The number of ketones is 3. The van der Waals surface area contributed by atoms with E-state index in [4.69, 9.17) is 0 Å². The lowest BCUT2D eigenvalue weighted by Crippen LogP contribution is -2.43. The minimum absolute atomic E-state index is 0.0741. The number of amides is 3. The molecular weight excluding hydrogens is 751 g/mol. The number of hydrogen-bond donors (Lipinski definition) is 3. The van der Waals surface area contributed by atoms with Gasteiger partial charge in [0.25, 0.3) is 0 Å². The summed E-state index contributed by atoms with van der Waals surface area (Å²) in [5.74, 6) is 3.23. The molecule has 4 unspecified atom stereocenters. The van der Waals surface area contributed by atoms with Gasteiger partial charge in [-0.1, -0.05) is 144 Å². The predicted molar refractivity (Wildman–Crippen MR) is 247 cm³/mol. The summed E-state index contributed by atoms with van der Waals surface area (Å²) in [4.78, 5) is 72.9. The van der Waals surface area contributed by atoms with E-state index in [1.165, 1.54) is 6.42 Å². The zero-order valence-electron chi connectivity index (χ0n) is 42.0. The second-order valence-electron chi connectivity index (χ2n) is 24.8. The lowest BCUT2D eigenvalue weighted by atomic mass is 9.70. The molecule has 3 aliphatic carbocycles. The normalized spacial score (nSPS) is 24.3. The van der Waals surface area contributed by atoms with Crippen molar-refractivity contribution in [1.82, 2.24) is 16.0 Å². The Kier molecular flexibility index (Phi) is 21.0. The van der Waals surface area contributed by atoms with Crippen LogP contribution in [-0.2, 0) is 28.8 Å². The zero-order valence-corrected chi connectivity index (χ0v) is 42.0. The van der Waals surface area contributed by atoms with E-state index in [1.807, 2.05) is 125 Å². The van der Waals surface area contributed by atoms with Crippen molar-refractivity contribution in [3.63, 3.8) is 0 Å². The molecule has 3 saturated carbocycles. The van der Waals surface area contributed by atoms with Crippen LogP contribution in [0.15, 0.2) is 0 Å². The molecule has 3 fully saturated rings. The molecule has 0 heterocycles. The summed E-state index contributed by atoms with van der Waals surface area (Å²) in [6, 6.07) is 0. The van der Waals surface area contributed by atoms with Crippen molar-refractivity contribution in [2.75, 3.05) is 19.6 Å². The molecular formula is C51H93N3O6. The van der Waals surface area contributed by atoms with E-state index in [-0.39, 0.29) is 68.0 Å². The van der Waals surface area contributed by atoms with Crippen LogP contribution in [0.1, 0.15) is 202 Å². The smallest absolute Gasteiger partial charge is 0.225 e. The maximum Gasteiger partial charge on any atom is 0.225 e. The molecule has 0 saturated heterocycles. The molecule has 0 radical (unpaired) electrons. The average molecular weight is 844 g/mol. The highest BCUT2D eigenvalue weighted by Gasteiger charge is 2.38. The number of Topliss-reactive ketones (excluding diaryl/α,β-unsaturated/α-hetero) is 3. The van der Waals surface area contributed by atoms with Crippen LogP contribution in [0.2, 0.25) is 0 Å². The van der Waals surface area contributed by atoms with Gasteiger partial charge in [-0.25, -0.2) is 0 Å². The highest BCUT2D eigenvalue weighted by atomic mass is 16.2. The third-order valence-corrected chi connectivity index (χ3v) is 12.5. The number of rotatable bonds is 9.